The SMILES string of the molecule is CCc1noc(C)c1C(=O)N1C[C@@H]2CC[C@H](C1)N(Cc1ccccc1)C2. The number of benzene rings is 1. The molecule has 0 radical (unpaired) electrons. The number of aryl methyl sites for hydroxylation is 2. The standard InChI is InChI=1S/C21H27N3O2/c1-3-19-20(15(2)26-22-19)21(25)24-13-17-9-10-18(14-24)23(12-17)11-16-7-5-4-6-8-16/h4-8,17-18H,3,9-14H2,1-2H3/t17-,18-/m1/s1. The highest BCUT2D eigenvalue weighted by Gasteiger charge is 2.37. The Hall–Kier alpha value is -2.14. The van der Waals surface area contributed by atoms with Crippen LogP contribution < -0.4 is 0 Å². The van der Waals surface area contributed by atoms with Gasteiger partial charge in [-0.1, -0.05) is 42.4 Å². The summed E-state index contributed by atoms with van der Waals surface area (Å²) >= 11 is 0. The van der Waals surface area contributed by atoms with Gasteiger partial charge in [-0.2, -0.15) is 0 Å². The Morgan fingerprint density at radius 2 is 2.00 bits per heavy atom. The van der Waals surface area contributed by atoms with Gasteiger partial charge in [0, 0.05) is 32.2 Å². The molecule has 3 aliphatic rings. The third-order valence-corrected chi connectivity index (χ3v) is 5.82. The van der Waals surface area contributed by atoms with E-state index in [9.17, 15) is 4.79 Å². The Labute approximate surface area is 155 Å². The van der Waals surface area contributed by atoms with Crippen molar-refractivity contribution in [1.82, 2.24) is 15.0 Å². The van der Waals surface area contributed by atoms with Gasteiger partial charge < -0.3 is 9.42 Å². The maximum atomic E-state index is 13.2. The molecule has 1 aromatic heterocycles. The van der Waals surface area contributed by atoms with Crippen molar-refractivity contribution in [1.29, 1.82) is 0 Å². The van der Waals surface area contributed by atoms with Crippen LogP contribution in [0, 0.1) is 12.8 Å². The molecule has 5 heteroatoms. The van der Waals surface area contributed by atoms with E-state index >= 15 is 0 Å². The van der Waals surface area contributed by atoms with Gasteiger partial charge in [0.1, 0.15) is 11.3 Å². The minimum Gasteiger partial charge on any atom is -0.361 e. The van der Waals surface area contributed by atoms with Gasteiger partial charge in [-0.05, 0) is 37.7 Å². The van der Waals surface area contributed by atoms with Crippen LogP contribution in [0.1, 0.15) is 47.1 Å². The molecule has 0 aliphatic carbocycles. The maximum Gasteiger partial charge on any atom is 0.259 e. The first kappa shape index (κ1) is 17.3. The number of carbonyl (C=O) groups is 1. The number of aromatic nitrogens is 1. The number of rotatable bonds is 4. The molecule has 5 nitrogen and oxygen atoms in total. The highest BCUT2D eigenvalue weighted by molar-refractivity contribution is 5.96. The normalized spacial score (nSPS) is 23.2. The van der Waals surface area contributed by atoms with E-state index in [1.165, 1.54) is 18.4 Å². The summed E-state index contributed by atoms with van der Waals surface area (Å²) in [7, 11) is 0. The molecule has 0 N–H and O–H groups in total. The van der Waals surface area contributed by atoms with E-state index in [1.807, 2.05) is 18.7 Å². The van der Waals surface area contributed by atoms with Crippen LogP contribution in [0.4, 0.5) is 0 Å². The Kier molecular flexibility index (Phi) is 4.81. The molecule has 5 rings (SSSR count). The van der Waals surface area contributed by atoms with Crippen LogP contribution in [0.5, 0.6) is 0 Å². The van der Waals surface area contributed by atoms with Crippen molar-refractivity contribution in [2.24, 2.45) is 5.92 Å². The fourth-order valence-electron chi connectivity index (χ4n) is 4.45. The Balaban J connectivity index is 1.52. The van der Waals surface area contributed by atoms with E-state index < -0.39 is 0 Å². The molecule has 0 saturated carbocycles. The molecule has 1 amide bonds. The summed E-state index contributed by atoms with van der Waals surface area (Å²) < 4.78 is 5.29. The molecule has 2 bridgehead atoms. The zero-order valence-electron chi connectivity index (χ0n) is 15.6. The highest BCUT2D eigenvalue weighted by Crippen LogP contribution is 2.30. The lowest BCUT2D eigenvalue weighted by atomic mass is 9.94. The zero-order valence-corrected chi connectivity index (χ0v) is 15.6. The number of nitrogens with zero attached hydrogens (tertiary/aromatic N) is 3. The van der Waals surface area contributed by atoms with Crippen LogP contribution in [0.25, 0.3) is 0 Å². The highest BCUT2D eigenvalue weighted by atomic mass is 16.5. The molecular formula is C21H27N3O2. The molecule has 26 heavy (non-hydrogen) atoms. The second kappa shape index (κ2) is 7.23. The summed E-state index contributed by atoms with van der Waals surface area (Å²) in [6.07, 6.45) is 3.10. The predicted octanol–water partition coefficient (Wildman–Crippen LogP) is 3.28. The van der Waals surface area contributed by atoms with Crippen molar-refractivity contribution < 1.29 is 9.32 Å². The first-order valence-electron chi connectivity index (χ1n) is 9.68. The van der Waals surface area contributed by atoms with Gasteiger partial charge in [0.2, 0.25) is 0 Å². The molecule has 1 aromatic carbocycles. The van der Waals surface area contributed by atoms with Gasteiger partial charge >= 0.3 is 0 Å². The van der Waals surface area contributed by atoms with E-state index in [1.54, 1.807) is 0 Å². The van der Waals surface area contributed by atoms with E-state index in [2.05, 4.69) is 40.4 Å². The van der Waals surface area contributed by atoms with Crippen molar-refractivity contribution in [3.05, 3.63) is 52.9 Å². The van der Waals surface area contributed by atoms with Gasteiger partial charge in [-0.25, -0.2) is 0 Å². The van der Waals surface area contributed by atoms with Gasteiger partial charge in [-0.3, -0.25) is 9.69 Å². The fourth-order valence-corrected chi connectivity index (χ4v) is 4.45. The molecule has 3 aliphatic heterocycles. The smallest absolute Gasteiger partial charge is 0.259 e. The van der Waals surface area contributed by atoms with Crippen LogP contribution in [0.15, 0.2) is 34.9 Å². The van der Waals surface area contributed by atoms with E-state index in [4.69, 9.17) is 4.52 Å². The van der Waals surface area contributed by atoms with Gasteiger partial charge in [0.15, 0.2) is 0 Å². The number of fused-ring (bicyclic) bond motifs is 4. The maximum absolute atomic E-state index is 13.2. The predicted molar refractivity (Wildman–Crippen MR) is 99.9 cm³/mol. The third kappa shape index (κ3) is 3.28. The van der Waals surface area contributed by atoms with Crippen molar-refractivity contribution >= 4 is 5.91 Å². The second-order valence-corrected chi connectivity index (χ2v) is 7.64. The molecule has 3 fully saturated rings. The molecule has 4 heterocycles. The van der Waals surface area contributed by atoms with E-state index in [-0.39, 0.29) is 5.91 Å². The minimum atomic E-state index is 0.0964. The molecule has 0 spiro atoms. The Bertz CT molecular complexity index is 771. The van der Waals surface area contributed by atoms with Crippen LogP contribution in [-0.4, -0.2) is 46.5 Å². The summed E-state index contributed by atoms with van der Waals surface area (Å²) in [4.78, 5) is 17.8. The molecule has 2 aromatic rings. The van der Waals surface area contributed by atoms with Crippen LogP contribution in [0.2, 0.25) is 0 Å². The number of hydrogen-bond donors (Lipinski definition) is 0. The number of amides is 1. The van der Waals surface area contributed by atoms with Gasteiger partial charge in [0.05, 0.1) is 5.69 Å². The van der Waals surface area contributed by atoms with E-state index in [0.717, 1.165) is 38.3 Å². The van der Waals surface area contributed by atoms with Gasteiger partial charge in [0.25, 0.3) is 5.91 Å². The zero-order chi connectivity index (χ0) is 18.1. The molecular weight excluding hydrogens is 326 g/mol. The first-order chi connectivity index (χ1) is 12.7. The van der Waals surface area contributed by atoms with Crippen molar-refractivity contribution in [2.75, 3.05) is 19.6 Å². The topological polar surface area (TPSA) is 49.6 Å². The molecule has 3 saturated heterocycles. The monoisotopic (exact) mass is 353 g/mol. The minimum absolute atomic E-state index is 0.0964. The number of hydrogen-bond acceptors (Lipinski definition) is 4. The van der Waals surface area contributed by atoms with Crippen molar-refractivity contribution in [3.63, 3.8) is 0 Å². The molecule has 0 unspecified atom stereocenters. The Morgan fingerprint density at radius 1 is 1.19 bits per heavy atom. The fraction of sp³-hybridized carbons (Fsp3) is 0.524. The lowest BCUT2D eigenvalue weighted by Gasteiger charge is -2.36. The Morgan fingerprint density at radius 3 is 2.77 bits per heavy atom. The lowest BCUT2D eigenvalue weighted by molar-refractivity contribution is 0.0733. The summed E-state index contributed by atoms with van der Waals surface area (Å²) in [5.74, 6) is 1.29. The third-order valence-electron chi connectivity index (χ3n) is 5.82. The molecule has 138 valence electrons. The average molecular weight is 353 g/mol. The largest absolute Gasteiger partial charge is 0.361 e. The van der Waals surface area contributed by atoms with Crippen molar-refractivity contribution in [2.45, 2.75) is 45.7 Å². The number of piperidine rings is 1. The quantitative estimate of drug-likeness (QED) is 0.846. The van der Waals surface area contributed by atoms with Crippen molar-refractivity contribution in [3.8, 4) is 0 Å². The lowest BCUT2D eigenvalue weighted by Crippen LogP contribution is -2.44. The van der Waals surface area contributed by atoms with Gasteiger partial charge in [-0.15, -0.1) is 0 Å². The van der Waals surface area contributed by atoms with Crippen LogP contribution in [0.3, 0.4) is 0 Å². The summed E-state index contributed by atoms with van der Waals surface area (Å²) in [5.41, 5.74) is 2.81. The summed E-state index contributed by atoms with van der Waals surface area (Å²) in [5, 5.41) is 4.07. The average Bonchev–Trinajstić information content (AvgIpc) is 2.82. The number of carbonyl (C=O) groups excluding carboxylic acids is 1. The van der Waals surface area contributed by atoms with E-state index in [0.29, 0.717) is 23.3 Å². The first-order valence-corrected chi connectivity index (χ1v) is 9.68. The second-order valence-electron chi connectivity index (χ2n) is 7.64. The van der Waals surface area contributed by atoms with Crippen LogP contribution >= 0.6 is 0 Å². The summed E-state index contributed by atoms with van der Waals surface area (Å²) in [6.45, 7) is 7.54. The van der Waals surface area contributed by atoms with Crippen LogP contribution in [-0.2, 0) is 13.0 Å². The summed E-state index contributed by atoms with van der Waals surface area (Å²) in [6, 6.07) is 11.1. The molecule has 2 atom stereocenters.